The van der Waals surface area contributed by atoms with Gasteiger partial charge in [-0.2, -0.15) is 0 Å². The maximum absolute atomic E-state index is 14.4. The highest BCUT2D eigenvalue weighted by Crippen LogP contribution is 2.67. The minimum atomic E-state index is -2.40. The molecule has 0 saturated heterocycles. The fraction of sp³-hybridized carbons (Fsp3) is 0.481. The van der Waals surface area contributed by atoms with Crippen molar-refractivity contribution in [2.75, 3.05) is 14.2 Å². The third-order valence-corrected chi connectivity index (χ3v) is 8.66. The number of carbonyl (C=O) groups excluding carboxylic acids is 3. The van der Waals surface area contributed by atoms with Crippen molar-refractivity contribution < 1.29 is 38.4 Å². The molecule has 9 heteroatoms. The molecule has 0 aromatic heterocycles. The van der Waals surface area contributed by atoms with Crippen LogP contribution in [0.5, 0.6) is 5.75 Å². The van der Waals surface area contributed by atoms with E-state index in [0.717, 1.165) is 12.8 Å². The SMILES string of the molecule is COC(=O)[C@]12C=C(OC)[C@](Cl)(C(=O)C13OC(=O)c1ccccc1O3)C(C)(C=C=C1CCCCC1O)C2. The van der Waals surface area contributed by atoms with Gasteiger partial charge in [0, 0.05) is 5.41 Å². The number of methoxy groups -OCH3 is 2. The zero-order valence-electron chi connectivity index (χ0n) is 20.3. The van der Waals surface area contributed by atoms with Gasteiger partial charge in [0.2, 0.25) is 5.78 Å². The van der Waals surface area contributed by atoms with E-state index in [1.54, 1.807) is 25.1 Å². The molecule has 8 nitrogen and oxygen atoms in total. The second-order valence-electron chi connectivity index (χ2n) is 9.94. The lowest BCUT2D eigenvalue weighted by Crippen LogP contribution is -2.79. The Morgan fingerprint density at radius 1 is 1.22 bits per heavy atom. The van der Waals surface area contributed by atoms with Crippen LogP contribution >= 0.6 is 11.6 Å². The maximum Gasteiger partial charge on any atom is 0.345 e. The molecule has 4 aliphatic carbocycles. The van der Waals surface area contributed by atoms with Crippen LogP contribution in [0.2, 0.25) is 0 Å². The van der Waals surface area contributed by atoms with Gasteiger partial charge in [0.25, 0.3) is 0 Å². The largest absolute Gasteiger partial charge is 0.499 e. The van der Waals surface area contributed by atoms with Crippen LogP contribution in [0.3, 0.4) is 0 Å². The third kappa shape index (κ3) is 3.01. The molecule has 1 heterocycles. The number of Topliss-reactive ketones (excluding diaryl/α,β-unsaturated/α-hetero) is 1. The zero-order chi connectivity index (χ0) is 25.9. The van der Waals surface area contributed by atoms with Crippen LogP contribution < -0.4 is 4.74 Å². The van der Waals surface area contributed by atoms with Crippen LogP contribution in [0, 0.1) is 10.8 Å². The van der Waals surface area contributed by atoms with E-state index in [0.29, 0.717) is 18.4 Å². The van der Waals surface area contributed by atoms with E-state index >= 15 is 0 Å². The number of para-hydroxylation sites is 1. The molecule has 5 atom stereocenters. The number of hydrogen-bond acceptors (Lipinski definition) is 8. The number of fused-ring (bicyclic) bond motifs is 2. The summed E-state index contributed by atoms with van der Waals surface area (Å²) in [5.41, 5.74) is 0.836. The molecule has 1 aromatic carbocycles. The number of ether oxygens (including phenoxy) is 4. The van der Waals surface area contributed by atoms with Crippen LogP contribution in [-0.4, -0.2) is 53.8 Å². The third-order valence-electron chi connectivity index (χ3n) is 7.87. The number of hydrogen-bond donors (Lipinski definition) is 1. The molecule has 0 radical (unpaired) electrons. The second kappa shape index (κ2) is 8.23. The van der Waals surface area contributed by atoms with Crippen LogP contribution in [0.25, 0.3) is 0 Å². The average molecular weight is 515 g/mol. The van der Waals surface area contributed by atoms with Gasteiger partial charge < -0.3 is 24.1 Å². The van der Waals surface area contributed by atoms with E-state index in [1.807, 2.05) is 0 Å². The molecule has 1 aromatic rings. The first-order valence-corrected chi connectivity index (χ1v) is 12.2. The van der Waals surface area contributed by atoms with Crippen LogP contribution in [0.15, 0.2) is 53.5 Å². The van der Waals surface area contributed by atoms with Crippen LogP contribution in [0.1, 0.15) is 49.4 Å². The van der Waals surface area contributed by atoms with Gasteiger partial charge in [0.15, 0.2) is 10.3 Å². The summed E-state index contributed by atoms with van der Waals surface area (Å²) in [7, 11) is 2.52. The summed E-state index contributed by atoms with van der Waals surface area (Å²) in [4.78, 5) is 39.1. The minimum absolute atomic E-state index is 0.0182. The highest BCUT2D eigenvalue weighted by Gasteiger charge is 2.83. The van der Waals surface area contributed by atoms with Crippen molar-refractivity contribution in [1.82, 2.24) is 0 Å². The lowest BCUT2D eigenvalue weighted by Gasteiger charge is -2.61. The molecular weight excluding hydrogens is 488 g/mol. The van der Waals surface area contributed by atoms with Gasteiger partial charge in [-0.1, -0.05) is 25.5 Å². The lowest BCUT2D eigenvalue weighted by atomic mass is 9.49. The standard InChI is InChI=1S/C27H27ClO8/c1-24(13-12-16-8-4-6-10-18(16)29)15-25(23(32)34-3)14-20(33-2)26(24,28)22(31)27(25)35-19-11-7-5-9-17(19)21(30)36-27/h5,7,9,11,13-14,18,29H,4,6,8,10,15H2,1-3H3/t12?,18?,24?,25-,26+,27?/m1/s1. The lowest BCUT2D eigenvalue weighted by molar-refractivity contribution is -0.244. The summed E-state index contributed by atoms with van der Waals surface area (Å²) in [5, 5.41) is 10.4. The second-order valence-corrected chi connectivity index (χ2v) is 10.5. The van der Waals surface area contributed by atoms with Crippen molar-refractivity contribution in [2.24, 2.45) is 10.8 Å². The molecule has 1 aliphatic heterocycles. The van der Waals surface area contributed by atoms with E-state index in [-0.39, 0.29) is 23.5 Å². The molecule has 6 rings (SSSR count). The number of halogens is 1. The summed E-state index contributed by atoms with van der Waals surface area (Å²) < 4.78 is 22.5. The fourth-order valence-corrected chi connectivity index (χ4v) is 6.32. The molecule has 0 amide bonds. The molecule has 36 heavy (non-hydrogen) atoms. The predicted molar refractivity (Wildman–Crippen MR) is 127 cm³/mol. The Balaban J connectivity index is 1.75. The molecule has 5 aliphatic rings. The Morgan fingerprint density at radius 3 is 2.67 bits per heavy atom. The van der Waals surface area contributed by atoms with E-state index in [9.17, 15) is 19.5 Å². The van der Waals surface area contributed by atoms with E-state index in [1.165, 1.54) is 32.4 Å². The number of aliphatic hydroxyl groups excluding tert-OH is 1. The van der Waals surface area contributed by atoms with Crippen molar-refractivity contribution in [1.29, 1.82) is 0 Å². The number of esters is 2. The highest BCUT2D eigenvalue weighted by molar-refractivity contribution is 6.41. The average Bonchev–Trinajstić information content (AvgIpc) is 2.87. The zero-order valence-corrected chi connectivity index (χ0v) is 21.0. The smallest absolute Gasteiger partial charge is 0.345 e. The number of benzene rings is 1. The monoisotopic (exact) mass is 514 g/mol. The van der Waals surface area contributed by atoms with Gasteiger partial charge in [0.05, 0.1) is 20.3 Å². The van der Waals surface area contributed by atoms with Gasteiger partial charge in [0.1, 0.15) is 17.1 Å². The van der Waals surface area contributed by atoms with E-state index in [2.05, 4.69) is 5.73 Å². The maximum atomic E-state index is 14.4. The Hall–Kier alpha value is -3.06. The quantitative estimate of drug-likeness (QED) is 0.370. The van der Waals surface area contributed by atoms with Gasteiger partial charge in [-0.15, -0.1) is 17.3 Å². The summed E-state index contributed by atoms with van der Waals surface area (Å²) in [5.74, 6) is -4.82. The highest BCUT2D eigenvalue weighted by atomic mass is 35.5. The van der Waals surface area contributed by atoms with Gasteiger partial charge in [-0.05, 0) is 55.5 Å². The number of carbonyl (C=O) groups is 3. The Bertz CT molecular complexity index is 1260. The Morgan fingerprint density at radius 2 is 1.97 bits per heavy atom. The Labute approximate surface area is 213 Å². The van der Waals surface area contributed by atoms with Crippen molar-refractivity contribution in [2.45, 2.75) is 55.8 Å². The van der Waals surface area contributed by atoms with Crippen molar-refractivity contribution in [3.63, 3.8) is 0 Å². The summed E-state index contributed by atoms with van der Waals surface area (Å²) in [6.45, 7) is 1.70. The molecule has 1 spiro atoms. The van der Waals surface area contributed by atoms with Crippen molar-refractivity contribution in [3.8, 4) is 5.75 Å². The topological polar surface area (TPSA) is 108 Å². The first-order chi connectivity index (χ1) is 17.1. The summed E-state index contributed by atoms with van der Waals surface area (Å²) in [6, 6.07) is 6.30. The fourth-order valence-electron chi connectivity index (χ4n) is 5.94. The van der Waals surface area contributed by atoms with E-state index in [4.69, 9.17) is 30.5 Å². The van der Waals surface area contributed by atoms with Crippen molar-refractivity contribution >= 4 is 29.3 Å². The first kappa shape index (κ1) is 24.6. The van der Waals surface area contributed by atoms with Crippen LogP contribution in [-0.2, 0) is 23.8 Å². The number of ketones is 1. The normalized spacial score (nSPS) is 36.8. The molecule has 2 saturated carbocycles. The summed E-state index contributed by atoms with van der Waals surface area (Å²) in [6.07, 6.45) is 5.36. The van der Waals surface area contributed by atoms with Crippen LogP contribution in [0.4, 0.5) is 0 Å². The first-order valence-electron chi connectivity index (χ1n) is 11.8. The molecule has 3 unspecified atom stereocenters. The van der Waals surface area contributed by atoms with Gasteiger partial charge >= 0.3 is 17.7 Å². The minimum Gasteiger partial charge on any atom is -0.499 e. The number of rotatable bonds is 3. The summed E-state index contributed by atoms with van der Waals surface area (Å²) >= 11 is 7.17. The van der Waals surface area contributed by atoms with E-state index < -0.39 is 45.3 Å². The molecule has 2 bridgehead atoms. The number of aliphatic hydroxyl groups is 1. The van der Waals surface area contributed by atoms with Gasteiger partial charge in [-0.3, -0.25) is 9.59 Å². The molecular formula is C27H27ClO8. The molecule has 190 valence electrons. The van der Waals surface area contributed by atoms with Gasteiger partial charge in [-0.25, -0.2) is 4.79 Å². The molecule has 2 fully saturated rings. The molecule has 1 N–H and O–H groups in total. The number of allylic oxidation sites excluding steroid dienone is 1. The Kier molecular flexibility index (Phi) is 5.63. The van der Waals surface area contributed by atoms with Crippen molar-refractivity contribution in [3.05, 3.63) is 59.0 Å². The number of alkyl halides is 1. The predicted octanol–water partition coefficient (Wildman–Crippen LogP) is 3.61.